The molecule has 1 amide bonds. The molecule has 4 heteroatoms. The summed E-state index contributed by atoms with van der Waals surface area (Å²) in [6.45, 7) is 2.12. The standard InChI is InChI=1S/C17H24N2O2/c1-10(14-9-11-6-7-12(14)8-11)19-17(20)13-4-3-5-15(21-2)16(13)18/h3-5,10-12,14H,6-9,18H2,1-2H3,(H,19,20). The van der Waals surface area contributed by atoms with E-state index in [1.165, 1.54) is 25.7 Å². The van der Waals surface area contributed by atoms with Gasteiger partial charge in [-0.25, -0.2) is 0 Å². The lowest BCUT2D eigenvalue weighted by Crippen LogP contribution is -2.40. The molecule has 0 spiro atoms. The molecule has 2 aliphatic carbocycles. The molecular formula is C17H24N2O2. The summed E-state index contributed by atoms with van der Waals surface area (Å²) in [5.41, 5.74) is 6.92. The van der Waals surface area contributed by atoms with Crippen molar-refractivity contribution in [2.24, 2.45) is 17.8 Å². The third-order valence-corrected chi connectivity index (χ3v) is 5.32. The molecule has 0 radical (unpaired) electrons. The number of rotatable bonds is 4. The van der Waals surface area contributed by atoms with E-state index >= 15 is 0 Å². The van der Waals surface area contributed by atoms with Gasteiger partial charge in [0.1, 0.15) is 5.75 Å². The molecule has 2 saturated carbocycles. The molecule has 2 bridgehead atoms. The van der Waals surface area contributed by atoms with Crippen LogP contribution in [0.3, 0.4) is 0 Å². The van der Waals surface area contributed by atoms with Crippen LogP contribution in [0.1, 0.15) is 43.0 Å². The second kappa shape index (κ2) is 5.58. The van der Waals surface area contributed by atoms with Crippen molar-refractivity contribution in [3.05, 3.63) is 23.8 Å². The zero-order valence-electron chi connectivity index (χ0n) is 12.8. The number of hydrogen-bond acceptors (Lipinski definition) is 3. The lowest BCUT2D eigenvalue weighted by Gasteiger charge is -2.28. The van der Waals surface area contributed by atoms with E-state index < -0.39 is 0 Å². The highest BCUT2D eigenvalue weighted by Gasteiger charge is 2.42. The Morgan fingerprint density at radius 3 is 2.81 bits per heavy atom. The smallest absolute Gasteiger partial charge is 0.253 e. The molecule has 3 N–H and O–H groups in total. The molecule has 2 aliphatic rings. The van der Waals surface area contributed by atoms with Crippen molar-refractivity contribution in [3.8, 4) is 5.75 Å². The molecule has 3 rings (SSSR count). The Labute approximate surface area is 126 Å². The molecule has 0 saturated heterocycles. The van der Waals surface area contributed by atoms with Crippen LogP contribution in [0.4, 0.5) is 5.69 Å². The molecule has 114 valence electrons. The van der Waals surface area contributed by atoms with Crippen LogP contribution in [0, 0.1) is 17.8 Å². The van der Waals surface area contributed by atoms with E-state index in [-0.39, 0.29) is 11.9 Å². The maximum absolute atomic E-state index is 12.5. The van der Waals surface area contributed by atoms with Crippen LogP contribution < -0.4 is 15.8 Å². The van der Waals surface area contributed by atoms with Gasteiger partial charge in [-0.1, -0.05) is 12.5 Å². The Morgan fingerprint density at radius 1 is 1.38 bits per heavy atom. The Balaban J connectivity index is 1.69. The van der Waals surface area contributed by atoms with Crippen molar-refractivity contribution in [3.63, 3.8) is 0 Å². The molecule has 4 atom stereocenters. The van der Waals surface area contributed by atoms with Gasteiger partial charge in [-0.15, -0.1) is 0 Å². The number of fused-ring (bicyclic) bond motifs is 2. The lowest BCUT2D eigenvalue weighted by atomic mass is 9.84. The molecule has 1 aromatic rings. The van der Waals surface area contributed by atoms with Gasteiger partial charge in [0.15, 0.2) is 0 Å². The van der Waals surface area contributed by atoms with E-state index in [1.54, 1.807) is 25.3 Å². The van der Waals surface area contributed by atoms with Crippen LogP contribution in [0.2, 0.25) is 0 Å². The summed E-state index contributed by atoms with van der Waals surface area (Å²) in [5, 5.41) is 3.14. The van der Waals surface area contributed by atoms with Crippen LogP contribution in [0.25, 0.3) is 0 Å². The second-order valence-corrected chi connectivity index (χ2v) is 6.52. The van der Waals surface area contributed by atoms with Gasteiger partial charge in [0, 0.05) is 6.04 Å². The molecular weight excluding hydrogens is 264 g/mol. The number of carbonyl (C=O) groups is 1. The number of methoxy groups -OCH3 is 1. The quantitative estimate of drug-likeness (QED) is 0.837. The second-order valence-electron chi connectivity index (χ2n) is 6.52. The van der Waals surface area contributed by atoms with Gasteiger partial charge in [0.25, 0.3) is 5.91 Å². The number of amides is 1. The third kappa shape index (κ3) is 2.59. The normalized spacial score (nSPS) is 28.4. The molecule has 0 aromatic heterocycles. The highest BCUT2D eigenvalue weighted by Crippen LogP contribution is 2.49. The fraction of sp³-hybridized carbons (Fsp3) is 0.588. The first-order chi connectivity index (χ1) is 10.1. The molecule has 21 heavy (non-hydrogen) atoms. The first kappa shape index (κ1) is 14.2. The summed E-state index contributed by atoms with van der Waals surface area (Å²) in [5.74, 6) is 2.77. The number of nitrogen functional groups attached to an aromatic ring is 1. The predicted octanol–water partition coefficient (Wildman–Crippen LogP) is 2.83. The molecule has 0 heterocycles. The maximum Gasteiger partial charge on any atom is 0.253 e. The van der Waals surface area contributed by atoms with Gasteiger partial charge < -0.3 is 15.8 Å². The minimum Gasteiger partial charge on any atom is -0.495 e. The van der Waals surface area contributed by atoms with Crippen molar-refractivity contribution in [2.75, 3.05) is 12.8 Å². The van der Waals surface area contributed by atoms with Crippen LogP contribution in [0.15, 0.2) is 18.2 Å². The lowest BCUT2D eigenvalue weighted by molar-refractivity contribution is 0.0916. The number of para-hydroxylation sites is 1. The molecule has 1 aromatic carbocycles. The summed E-state index contributed by atoms with van der Waals surface area (Å²) in [6.07, 6.45) is 5.33. The Hall–Kier alpha value is -1.71. The van der Waals surface area contributed by atoms with Crippen LogP contribution in [0.5, 0.6) is 5.75 Å². The summed E-state index contributed by atoms with van der Waals surface area (Å²) < 4.78 is 5.18. The van der Waals surface area contributed by atoms with Gasteiger partial charge >= 0.3 is 0 Å². The van der Waals surface area contributed by atoms with Crippen molar-refractivity contribution in [1.82, 2.24) is 5.32 Å². The Morgan fingerprint density at radius 2 is 2.19 bits per heavy atom. The number of carbonyl (C=O) groups excluding carboxylic acids is 1. The molecule has 2 fully saturated rings. The summed E-state index contributed by atoms with van der Waals surface area (Å²) >= 11 is 0. The maximum atomic E-state index is 12.5. The average Bonchev–Trinajstić information content (AvgIpc) is 3.10. The molecule has 4 nitrogen and oxygen atoms in total. The zero-order chi connectivity index (χ0) is 15.0. The first-order valence-corrected chi connectivity index (χ1v) is 7.83. The van der Waals surface area contributed by atoms with Gasteiger partial charge in [0.05, 0.1) is 18.4 Å². The van der Waals surface area contributed by atoms with Gasteiger partial charge in [-0.05, 0) is 56.1 Å². The van der Waals surface area contributed by atoms with Crippen LogP contribution in [-0.2, 0) is 0 Å². The van der Waals surface area contributed by atoms with Gasteiger partial charge in [-0.3, -0.25) is 4.79 Å². The SMILES string of the molecule is COc1cccc(C(=O)NC(C)C2CC3CCC2C3)c1N. The Kier molecular flexibility index (Phi) is 3.79. The fourth-order valence-corrected chi connectivity index (χ4v) is 4.22. The first-order valence-electron chi connectivity index (χ1n) is 7.83. The number of anilines is 1. The number of nitrogens with one attached hydrogen (secondary N) is 1. The Bertz CT molecular complexity index is 544. The van der Waals surface area contributed by atoms with E-state index in [2.05, 4.69) is 12.2 Å². The minimum absolute atomic E-state index is 0.0957. The topological polar surface area (TPSA) is 64.3 Å². The fourth-order valence-electron chi connectivity index (χ4n) is 4.22. The number of ether oxygens (including phenoxy) is 1. The molecule has 4 unspecified atom stereocenters. The van der Waals surface area contributed by atoms with E-state index in [4.69, 9.17) is 10.5 Å². The minimum atomic E-state index is -0.0957. The van der Waals surface area contributed by atoms with Crippen molar-refractivity contribution in [1.29, 1.82) is 0 Å². The number of nitrogens with two attached hydrogens (primary N) is 1. The van der Waals surface area contributed by atoms with Crippen molar-refractivity contribution >= 4 is 11.6 Å². The number of benzene rings is 1. The van der Waals surface area contributed by atoms with Crippen molar-refractivity contribution < 1.29 is 9.53 Å². The highest BCUT2D eigenvalue weighted by atomic mass is 16.5. The summed E-state index contributed by atoms with van der Waals surface area (Å²) in [7, 11) is 1.56. The van der Waals surface area contributed by atoms with E-state index in [0.29, 0.717) is 22.9 Å². The van der Waals surface area contributed by atoms with Gasteiger partial charge in [0.2, 0.25) is 0 Å². The number of hydrogen-bond donors (Lipinski definition) is 2. The van der Waals surface area contributed by atoms with Crippen molar-refractivity contribution in [2.45, 2.75) is 38.6 Å². The monoisotopic (exact) mass is 288 g/mol. The zero-order valence-corrected chi connectivity index (χ0v) is 12.8. The van der Waals surface area contributed by atoms with Crippen LogP contribution >= 0.6 is 0 Å². The van der Waals surface area contributed by atoms with E-state index in [0.717, 1.165) is 11.8 Å². The van der Waals surface area contributed by atoms with E-state index in [9.17, 15) is 4.79 Å². The summed E-state index contributed by atoms with van der Waals surface area (Å²) in [6, 6.07) is 5.52. The average molecular weight is 288 g/mol. The molecule has 0 aliphatic heterocycles. The van der Waals surface area contributed by atoms with Gasteiger partial charge in [-0.2, -0.15) is 0 Å². The third-order valence-electron chi connectivity index (χ3n) is 5.32. The largest absolute Gasteiger partial charge is 0.495 e. The summed E-state index contributed by atoms with van der Waals surface area (Å²) in [4.78, 5) is 12.5. The van der Waals surface area contributed by atoms with E-state index in [1.807, 2.05) is 0 Å². The predicted molar refractivity (Wildman–Crippen MR) is 83.3 cm³/mol. The highest BCUT2D eigenvalue weighted by molar-refractivity contribution is 6.00. The van der Waals surface area contributed by atoms with Crippen LogP contribution in [-0.4, -0.2) is 19.1 Å².